The van der Waals surface area contributed by atoms with Gasteiger partial charge in [0.05, 0.1) is 10.6 Å². The third-order valence-electron chi connectivity index (χ3n) is 2.29. The lowest BCUT2D eigenvalue weighted by atomic mass is 10.3. The minimum Gasteiger partial charge on any atom is -0.268 e. The van der Waals surface area contributed by atoms with Gasteiger partial charge in [0.25, 0.3) is 0 Å². The minimum atomic E-state index is -3.26. The van der Waals surface area contributed by atoms with Gasteiger partial charge in [-0.15, -0.1) is 11.3 Å². The number of hydrogen-bond donors (Lipinski definition) is 1. The maximum absolute atomic E-state index is 11.5. The van der Waals surface area contributed by atoms with Gasteiger partial charge in [0, 0.05) is 13.1 Å². The molecule has 0 spiro atoms. The van der Waals surface area contributed by atoms with Crippen molar-refractivity contribution in [2.75, 3.05) is 10.5 Å². The molecule has 0 amide bonds. The highest BCUT2D eigenvalue weighted by Gasteiger charge is 2.13. The number of nitrogens with one attached hydrogen (secondary N) is 1. The average molecular weight is 271 g/mol. The van der Waals surface area contributed by atoms with E-state index in [1.807, 2.05) is 17.5 Å². The monoisotopic (exact) mass is 271 g/mol. The quantitative estimate of drug-likeness (QED) is 0.924. The SMILES string of the molecule is CCS(=O)(=O)Nc1cc(-c2cccs2)nn1C. The van der Waals surface area contributed by atoms with Crippen LogP contribution >= 0.6 is 11.3 Å². The molecule has 0 fully saturated rings. The number of anilines is 1. The van der Waals surface area contributed by atoms with Gasteiger partial charge in [-0.25, -0.2) is 8.42 Å². The predicted octanol–water partition coefficient (Wildman–Crippen LogP) is 1.91. The molecule has 2 aromatic heterocycles. The highest BCUT2D eigenvalue weighted by Crippen LogP contribution is 2.25. The fraction of sp³-hybridized carbons (Fsp3) is 0.300. The summed E-state index contributed by atoms with van der Waals surface area (Å²) in [6.45, 7) is 1.60. The molecule has 0 saturated carbocycles. The summed E-state index contributed by atoms with van der Waals surface area (Å²) >= 11 is 1.57. The van der Waals surface area contributed by atoms with E-state index < -0.39 is 10.0 Å². The number of rotatable bonds is 4. The molecule has 2 rings (SSSR count). The standard InChI is InChI=1S/C10H13N3O2S2/c1-3-17(14,15)12-10-7-8(11-13(10)2)9-5-4-6-16-9/h4-7,12H,3H2,1-2H3. The molecule has 0 saturated heterocycles. The van der Waals surface area contributed by atoms with E-state index in [-0.39, 0.29) is 5.75 Å². The Morgan fingerprint density at radius 2 is 2.29 bits per heavy atom. The largest absolute Gasteiger partial charge is 0.268 e. The van der Waals surface area contributed by atoms with E-state index in [9.17, 15) is 8.42 Å². The van der Waals surface area contributed by atoms with Crippen LogP contribution in [0.2, 0.25) is 0 Å². The fourth-order valence-corrected chi connectivity index (χ4v) is 2.67. The third-order valence-corrected chi connectivity index (χ3v) is 4.47. The number of hydrogen-bond acceptors (Lipinski definition) is 4. The van der Waals surface area contributed by atoms with Gasteiger partial charge in [0.1, 0.15) is 11.5 Å². The van der Waals surface area contributed by atoms with Crippen LogP contribution in [0.3, 0.4) is 0 Å². The second-order valence-electron chi connectivity index (χ2n) is 3.52. The molecule has 0 unspecified atom stereocenters. The van der Waals surface area contributed by atoms with Crippen LogP contribution in [0.15, 0.2) is 23.6 Å². The lowest BCUT2D eigenvalue weighted by Crippen LogP contribution is -2.16. The molecule has 2 heterocycles. The Bertz CT molecular complexity index is 600. The molecule has 0 aliphatic rings. The van der Waals surface area contributed by atoms with Gasteiger partial charge >= 0.3 is 0 Å². The zero-order valence-corrected chi connectivity index (χ0v) is 11.2. The number of nitrogens with zero attached hydrogens (tertiary/aromatic N) is 2. The van der Waals surface area contributed by atoms with Gasteiger partial charge in [0.15, 0.2) is 0 Å². The Kier molecular flexibility index (Phi) is 3.21. The number of thiophene rings is 1. The second-order valence-corrected chi connectivity index (χ2v) is 6.48. The summed E-state index contributed by atoms with van der Waals surface area (Å²) in [6, 6.07) is 5.62. The predicted molar refractivity (Wildman–Crippen MR) is 69.6 cm³/mol. The number of aryl methyl sites for hydroxylation is 1. The molecule has 7 heteroatoms. The van der Waals surface area contributed by atoms with Crippen LogP contribution in [0, 0.1) is 0 Å². The first-order valence-electron chi connectivity index (χ1n) is 5.10. The summed E-state index contributed by atoms with van der Waals surface area (Å²) in [4.78, 5) is 1.02. The van der Waals surface area contributed by atoms with Crippen molar-refractivity contribution in [3.63, 3.8) is 0 Å². The van der Waals surface area contributed by atoms with Gasteiger partial charge in [-0.3, -0.25) is 9.40 Å². The first kappa shape index (κ1) is 12.1. The maximum atomic E-state index is 11.5. The Hall–Kier alpha value is -1.34. The van der Waals surface area contributed by atoms with E-state index in [0.717, 1.165) is 10.6 Å². The van der Waals surface area contributed by atoms with Crippen LogP contribution < -0.4 is 4.72 Å². The van der Waals surface area contributed by atoms with Crippen molar-refractivity contribution in [3.8, 4) is 10.6 Å². The van der Waals surface area contributed by atoms with Crippen molar-refractivity contribution in [2.24, 2.45) is 7.05 Å². The second kappa shape index (κ2) is 4.50. The van der Waals surface area contributed by atoms with Crippen LogP contribution in [0.1, 0.15) is 6.92 Å². The van der Waals surface area contributed by atoms with E-state index >= 15 is 0 Å². The highest BCUT2D eigenvalue weighted by atomic mass is 32.2. The molecule has 1 N–H and O–H groups in total. The van der Waals surface area contributed by atoms with Gasteiger partial charge in [-0.05, 0) is 18.4 Å². The summed E-state index contributed by atoms with van der Waals surface area (Å²) in [7, 11) is -1.55. The van der Waals surface area contributed by atoms with Crippen LogP contribution in [-0.4, -0.2) is 24.0 Å². The van der Waals surface area contributed by atoms with Crippen molar-refractivity contribution >= 4 is 27.2 Å². The molecule has 0 aliphatic heterocycles. The molecule has 5 nitrogen and oxygen atoms in total. The van der Waals surface area contributed by atoms with Crippen LogP contribution in [0.4, 0.5) is 5.82 Å². The number of aromatic nitrogens is 2. The Balaban J connectivity index is 2.32. The smallest absolute Gasteiger partial charge is 0.233 e. The normalized spacial score (nSPS) is 11.6. The maximum Gasteiger partial charge on any atom is 0.233 e. The average Bonchev–Trinajstić information content (AvgIpc) is 2.89. The lowest BCUT2D eigenvalue weighted by Gasteiger charge is -2.04. The van der Waals surface area contributed by atoms with E-state index in [2.05, 4.69) is 9.82 Å². The topological polar surface area (TPSA) is 64.0 Å². The molecule has 2 aromatic rings. The summed E-state index contributed by atoms with van der Waals surface area (Å²) in [6.07, 6.45) is 0. The minimum absolute atomic E-state index is 0.0481. The molecule has 17 heavy (non-hydrogen) atoms. The van der Waals surface area contributed by atoms with Crippen molar-refractivity contribution in [1.82, 2.24) is 9.78 Å². The van der Waals surface area contributed by atoms with Crippen molar-refractivity contribution in [1.29, 1.82) is 0 Å². The fourth-order valence-electron chi connectivity index (χ4n) is 1.34. The van der Waals surface area contributed by atoms with E-state index in [0.29, 0.717) is 5.82 Å². The Morgan fingerprint density at radius 3 is 2.88 bits per heavy atom. The molecular weight excluding hydrogens is 258 g/mol. The number of sulfonamides is 1. The molecule has 0 radical (unpaired) electrons. The summed E-state index contributed by atoms with van der Waals surface area (Å²) < 4.78 is 27.0. The molecule has 92 valence electrons. The van der Waals surface area contributed by atoms with Gasteiger partial charge < -0.3 is 0 Å². The molecule has 0 bridgehead atoms. The molecule has 0 aromatic carbocycles. The molecule has 0 atom stereocenters. The highest BCUT2D eigenvalue weighted by molar-refractivity contribution is 7.92. The van der Waals surface area contributed by atoms with E-state index in [1.54, 1.807) is 31.4 Å². The summed E-state index contributed by atoms with van der Waals surface area (Å²) in [5, 5.41) is 6.23. The van der Waals surface area contributed by atoms with E-state index in [1.165, 1.54) is 4.68 Å². The first-order valence-corrected chi connectivity index (χ1v) is 7.63. The summed E-state index contributed by atoms with van der Waals surface area (Å²) in [5.41, 5.74) is 0.774. The van der Waals surface area contributed by atoms with Gasteiger partial charge in [-0.1, -0.05) is 6.07 Å². The van der Waals surface area contributed by atoms with Gasteiger partial charge in [-0.2, -0.15) is 5.10 Å². The van der Waals surface area contributed by atoms with E-state index in [4.69, 9.17) is 0 Å². The summed E-state index contributed by atoms with van der Waals surface area (Å²) in [5.74, 6) is 0.530. The zero-order chi connectivity index (χ0) is 12.5. The lowest BCUT2D eigenvalue weighted by molar-refractivity contribution is 0.601. The van der Waals surface area contributed by atoms with Crippen molar-refractivity contribution in [3.05, 3.63) is 23.6 Å². The van der Waals surface area contributed by atoms with Crippen LogP contribution in [-0.2, 0) is 17.1 Å². The van der Waals surface area contributed by atoms with Crippen molar-refractivity contribution in [2.45, 2.75) is 6.92 Å². The first-order chi connectivity index (χ1) is 8.02. The Morgan fingerprint density at radius 1 is 1.53 bits per heavy atom. The zero-order valence-electron chi connectivity index (χ0n) is 9.54. The van der Waals surface area contributed by atoms with Crippen LogP contribution in [0.5, 0.6) is 0 Å². The molecule has 0 aliphatic carbocycles. The van der Waals surface area contributed by atoms with Crippen LogP contribution in [0.25, 0.3) is 10.6 Å². The van der Waals surface area contributed by atoms with Crippen molar-refractivity contribution < 1.29 is 8.42 Å². The van der Waals surface area contributed by atoms with Gasteiger partial charge in [0.2, 0.25) is 10.0 Å². The Labute approximate surface area is 104 Å². The third kappa shape index (κ3) is 2.67. The molecular formula is C10H13N3O2S2.